The Bertz CT molecular complexity index is 438. The molecule has 1 N–H and O–H groups in total. The minimum atomic E-state index is -0.366. The van der Waals surface area contributed by atoms with Gasteiger partial charge < -0.3 is 4.74 Å². The van der Waals surface area contributed by atoms with Crippen LogP contribution < -0.4 is 5.32 Å². The molecule has 1 aliphatic rings. The van der Waals surface area contributed by atoms with E-state index in [0.717, 1.165) is 24.9 Å². The molecular formula is C14H17NO2. The van der Waals surface area contributed by atoms with Gasteiger partial charge in [0.15, 0.2) is 0 Å². The third-order valence-corrected chi connectivity index (χ3v) is 2.74. The number of nitrogens with one attached hydrogen (secondary N) is 1. The number of rotatable bonds is 3. The van der Waals surface area contributed by atoms with Gasteiger partial charge >= 0.3 is 6.09 Å². The van der Waals surface area contributed by atoms with Gasteiger partial charge in [-0.2, -0.15) is 0 Å². The lowest BCUT2D eigenvalue weighted by Crippen LogP contribution is -2.16. The summed E-state index contributed by atoms with van der Waals surface area (Å²) in [5.74, 6) is 0. The molecule has 0 radical (unpaired) electrons. The topological polar surface area (TPSA) is 38.3 Å². The number of allylic oxidation sites excluding steroid dienone is 1. The Hall–Kier alpha value is -1.77. The van der Waals surface area contributed by atoms with Crippen molar-refractivity contribution in [2.45, 2.75) is 26.2 Å². The van der Waals surface area contributed by atoms with Crippen molar-refractivity contribution in [3.05, 3.63) is 35.4 Å². The van der Waals surface area contributed by atoms with E-state index in [0.29, 0.717) is 6.61 Å². The summed E-state index contributed by atoms with van der Waals surface area (Å²) in [6, 6.07) is 5.93. The molecule has 0 fully saturated rings. The molecule has 0 heterocycles. The first-order valence-corrected chi connectivity index (χ1v) is 6.03. The fourth-order valence-electron chi connectivity index (χ4n) is 1.94. The van der Waals surface area contributed by atoms with Gasteiger partial charge in [-0.25, -0.2) is 4.79 Å². The van der Waals surface area contributed by atoms with Crippen molar-refractivity contribution >= 4 is 17.9 Å². The molecule has 0 bridgehead atoms. The molecule has 0 aliphatic heterocycles. The minimum absolute atomic E-state index is 0.366. The first kappa shape index (κ1) is 11.7. The predicted octanol–water partition coefficient (Wildman–Crippen LogP) is 3.60. The fourth-order valence-corrected chi connectivity index (χ4v) is 1.94. The van der Waals surface area contributed by atoms with Crippen LogP contribution in [0.15, 0.2) is 24.3 Å². The number of hydrogen-bond acceptors (Lipinski definition) is 2. The zero-order valence-corrected chi connectivity index (χ0v) is 10.0. The van der Waals surface area contributed by atoms with Crippen molar-refractivity contribution in [1.82, 2.24) is 0 Å². The lowest BCUT2D eigenvalue weighted by atomic mass is 9.96. The first-order chi connectivity index (χ1) is 8.31. The van der Waals surface area contributed by atoms with Crippen molar-refractivity contribution < 1.29 is 9.53 Å². The third kappa shape index (κ3) is 2.87. The van der Waals surface area contributed by atoms with Gasteiger partial charge in [-0.3, -0.25) is 5.32 Å². The van der Waals surface area contributed by atoms with Crippen LogP contribution in [0.4, 0.5) is 10.5 Å². The van der Waals surface area contributed by atoms with E-state index in [4.69, 9.17) is 4.74 Å². The van der Waals surface area contributed by atoms with E-state index in [1.807, 2.05) is 19.1 Å². The molecule has 1 aromatic rings. The van der Waals surface area contributed by atoms with Gasteiger partial charge in [0.1, 0.15) is 0 Å². The van der Waals surface area contributed by atoms with Gasteiger partial charge in [0.2, 0.25) is 0 Å². The van der Waals surface area contributed by atoms with Crippen LogP contribution in [-0.4, -0.2) is 12.7 Å². The average Bonchev–Trinajstić information content (AvgIpc) is 2.37. The lowest BCUT2D eigenvalue weighted by molar-refractivity contribution is 0.161. The molecule has 0 spiro atoms. The molecular weight excluding hydrogens is 214 g/mol. The highest BCUT2D eigenvalue weighted by atomic mass is 16.5. The van der Waals surface area contributed by atoms with Crippen LogP contribution in [0.5, 0.6) is 0 Å². The number of ether oxygens (including phenoxy) is 1. The van der Waals surface area contributed by atoms with Crippen LogP contribution in [-0.2, 0) is 11.2 Å². The van der Waals surface area contributed by atoms with Crippen LogP contribution in [0.25, 0.3) is 6.08 Å². The Morgan fingerprint density at radius 2 is 2.35 bits per heavy atom. The molecule has 0 atom stereocenters. The van der Waals surface area contributed by atoms with Gasteiger partial charge in [-0.1, -0.05) is 31.2 Å². The van der Waals surface area contributed by atoms with Crippen LogP contribution in [0, 0.1) is 0 Å². The molecule has 1 aromatic carbocycles. The van der Waals surface area contributed by atoms with E-state index in [1.165, 1.54) is 11.1 Å². The summed E-state index contributed by atoms with van der Waals surface area (Å²) in [6.45, 7) is 2.43. The van der Waals surface area contributed by atoms with Gasteiger partial charge in [0.05, 0.1) is 6.61 Å². The van der Waals surface area contributed by atoms with E-state index in [2.05, 4.69) is 23.5 Å². The molecule has 2 rings (SSSR count). The highest BCUT2D eigenvalue weighted by Gasteiger charge is 2.11. The lowest BCUT2D eigenvalue weighted by Gasteiger charge is -2.15. The van der Waals surface area contributed by atoms with Crippen LogP contribution in [0.3, 0.4) is 0 Å². The SMILES string of the molecule is CCCOC(=O)Nc1cccc2c1CCC=C2. The van der Waals surface area contributed by atoms with E-state index >= 15 is 0 Å². The summed E-state index contributed by atoms with van der Waals surface area (Å²) >= 11 is 0. The van der Waals surface area contributed by atoms with Crippen LogP contribution >= 0.6 is 0 Å². The molecule has 3 heteroatoms. The van der Waals surface area contributed by atoms with Crippen molar-refractivity contribution in [2.75, 3.05) is 11.9 Å². The molecule has 0 saturated heterocycles. The highest BCUT2D eigenvalue weighted by molar-refractivity contribution is 5.87. The van der Waals surface area contributed by atoms with E-state index in [9.17, 15) is 4.79 Å². The van der Waals surface area contributed by atoms with Crippen molar-refractivity contribution in [3.63, 3.8) is 0 Å². The molecule has 0 aromatic heterocycles. The highest BCUT2D eigenvalue weighted by Crippen LogP contribution is 2.26. The van der Waals surface area contributed by atoms with Gasteiger partial charge in [-0.05, 0) is 36.5 Å². The Kier molecular flexibility index (Phi) is 3.81. The number of amides is 1. The number of benzene rings is 1. The molecule has 90 valence electrons. The fraction of sp³-hybridized carbons (Fsp3) is 0.357. The number of carbonyl (C=O) groups is 1. The minimum Gasteiger partial charge on any atom is -0.449 e. The summed E-state index contributed by atoms with van der Waals surface area (Å²) in [6.07, 6.45) is 6.72. The second kappa shape index (κ2) is 5.53. The predicted molar refractivity (Wildman–Crippen MR) is 69.1 cm³/mol. The van der Waals surface area contributed by atoms with E-state index in [1.54, 1.807) is 0 Å². The van der Waals surface area contributed by atoms with Gasteiger partial charge in [0, 0.05) is 5.69 Å². The second-order valence-electron chi connectivity index (χ2n) is 4.08. The Labute approximate surface area is 101 Å². The number of hydrogen-bond donors (Lipinski definition) is 1. The smallest absolute Gasteiger partial charge is 0.411 e. The molecule has 0 unspecified atom stereocenters. The molecule has 3 nitrogen and oxygen atoms in total. The first-order valence-electron chi connectivity index (χ1n) is 6.03. The zero-order chi connectivity index (χ0) is 12.1. The molecule has 0 saturated carbocycles. The Balaban J connectivity index is 2.11. The summed E-state index contributed by atoms with van der Waals surface area (Å²) in [7, 11) is 0. The summed E-state index contributed by atoms with van der Waals surface area (Å²) in [4.78, 5) is 11.5. The largest absolute Gasteiger partial charge is 0.449 e. The summed E-state index contributed by atoms with van der Waals surface area (Å²) in [5.41, 5.74) is 3.25. The molecule has 1 amide bonds. The van der Waals surface area contributed by atoms with Gasteiger partial charge in [-0.15, -0.1) is 0 Å². The normalized spacial score (nSPS) is 13.0. The van der Waals surface area contributed by atoms with Crippen molar-refractivity contribution in [2.24, 2.45) is 0 Å². The zero-order valence-electron chi connectivity index (χ0n) is 10.0. The summed E-state index contributed by atoms with van der Waals surface area (Å²) < 4.78 is 5.02. The quantitative estimate of drug-likeness (QED) is 0.863. The van der Waals surface area contributed by atoms with E-state index < -0.39 is 0 Å². The third-order valence-electron chi connectivity index (χ3n) is 2.74. The summed E-state index contributed by atoms with van der Waals surface area (Å²) in [5, 5.41) is 2.81. The van der Waals surface area contributed by atoms with Crippen LogP contribution in [0.2, 0.25) is 0 Å². The molecule has 17 heavy (non-hydrogen) atoms. The maximum atomic E-state index is 11.5. The van der Waals surface area contributed by atoms with Crippen molar-refractivity contribution in [1.29, 1.82) is 0 Å². The Morgan fingerprint density at radius 3 is 3.18 bits per heavy atom. The van der Waals surface area contributed by atoms with E-state index in [-0.39, 0.29) is 6.09 Å². The number of fused-ring (bicyclic) bond motifs is 1. The maximum absolute atomic E-state index is 11.5. The number of anilines is 1. The standard InChI is InChI=1S/C14H17NO2/c1-2-10-17-14(16)15-13-9-5-7-11-6-3-4-8-12(11)13/h3,5-7,9H,2,4,8,10H2,1H3,(H,15,16). The van der Waals surface area contributed by atoms with Crippen molar-refractivity contribution in [3.8, 4) is 0 Å². The van der Waals surface area contributed by atoms with Gasteiger partial charge in [0.25, 0.3) is 0 Å². The monoisotopic (exact) mass is 231 g/mol. The Morgan fingerprint density at radius 1 is 1.47 bits per heavy atom. The second-order valence-corrected chi connectivity index (χ2v) is 4.08. The maximum Gasteiger partial charge on any atom is 0.411 e. The van der Waals surface area contributed by atoms with Crippen LogP contribution in [0.1, 0.15) is 30.9 Å². The number of carbonyl (C=O) groups excluding carboxylic acids is 1. The molecule has 1 aliphatic carbocycles. The average molecular weight is 231 g/mol.